The van der Waals surface area contributed by atoms with Crippen LogP contribution in [0.25, 0.3) is 10.4 Å². The molecular formula is C29H36N6O11. The van der Waals surface area contributed by atoms with Crippen molar-refractivity contribution in [3.63, 3.8) is 0 Å². The van der Waals surface area contributed by atoms with Gasteiger partial charge in [-0.1, -0.05) is 65.8 Å². The summed E-state index contributed by atoms with van der Waals surface area (Å²) in [6.07, 6.45) is -12.9. The molecule has 0 spiro atoms. The van der Waals surface area contributed by atoms with Crippen LogP contribution in [0.4, 0.5) is 14.4 Å². The maximum absolute atomic E-state index is 13.3. The first-order valence-electron chi connectivity index (χ1n) is 14.4. The number of benzene rings is 2. The number of hydrogen-bond acceptors (Lipinski definition) is 10. The zero-order valence-corrected chi connectivity index (χ0v) is 24.5. The van der Waals surface area contributed by atoms with E-state index in [0.717, 1.165) is 11.1 Å². The molecule has 3 amide bonds. The lowest BCUT2D eigenvalue weighted by molar-refractivity contribution is -0.265. The van der Waals surface area contributed by atoms with E-state index in [9.17, 15) is 34.8 Å². The van der Waals surface area contributed by atoms with Gasteiger partial charge in [0.05, 0.1) is 36.9 Å². The van der Waals surface area contributed by atoms with Crippen LogP contribution >= 0.6 is 0 Å². The predicted molar refractivity (Wildman–Crippen MR) is 157 cm³/mol. The highest BCUT2D eigenvalue weighted by molar-refractivity contribution is 5.68. The lowest BCUT2D eigenvalue weighted by Gasteiger charge is -2.47. The molecule has 1 saturated heterocycles. The van der Waals surface area contributed by atoms with Gasteiger partial charge in [-0.25, -0.2) is 14.4 Å². The Kier molecular flexibility index (Phi) is 12.0. The van der Waals surface area contributed by atoms with Gasteiger partial charge in [-0.05, 0) is 29.5 Å². The number of nitrogens with zero attached hydrogens (tertiary/aromatic N) is 4. The second-order valence-electron chi connectivity index (χ2n) is 10.9. The summed E-state index contributed by atoms with van der Waals surface area (Å²) in [5.74, 6) is 0. The Balaban J connectivity index is 1.53. The second kappa shape index (κ2) is 16.1. The molecule has 2 aromatic rings. The van der Waals surface area contributed by atoms with Crippen LogP contribution in [-0.2, 0) is 27.4 Å². The van der Waals surface area contributed by atoms with Crippen LogP contribution in [0.2, 0.25) is 0 Å². The summed E-state index contributed by atoms with van der Waals surface area (Å²) >= 11 is 0. The van der Waals surface area contributed by atoms with Crippen molar-refractivity contribution in [1.29, 1.82) is 0 Å². The highest BCUT2D eigenvalue weighted by Gasteiger charge is 2.53. The van der Waals surface area contributed by atoms with Crippen LogP contribution in [0.3, 0.4) is 0 Å². The normalized spacial score (nSPS) is 29.1. The molecule has 1 heterocycles. The number of amides is 3. The minimum absolute atomic E-state index is 0.00520. The minimum atomic E-state index is -1.92. The van der Waals surface area contributed by atoms with E-state index in [1.54, 1.807) is 0 Å². The molecule has 2 aromatic carbocycles. The number of rotatable bonds is 11. The van der Waals surface area contributed by atoms with Gasteiger partial charge in [-0.15, -0.1) is 0 Å². The smallest absolute Gasteiger partial charge is 0.410 e. The van der Waals surface area contributed by atoms with Crippen molar-refractivity contribution in [2.24, 2.45) is 5.11 Å². The van der Waals surface area contributed by atoms with Crippen molar-refractivity contribution < 1.29 is 54.1 Å². The van der Waals surface area contributed by atoms with E-state index in [0.29, 0.717) is 6.42 Å². The molecule has 1 saturated carbocycles. The van der Waals surface area contributed by atoms with E-state index in [1.165, 1.54) is 4.90 Å². The van der Waals surface area contributed by atoms with Crippen LogP contribution in [0.5, 0.6) is 0 Å². The molecule has 0 aromatic heterocycles. The van der Waals surface area contributed by atoms with E-state index in [4.69, 9.17) is 24.8 Å². The van der Waals surface area contributed by atoms with Crippen molar-refractivity contribution in [2.45, 2.75) is 80.9 Å². The van der Waals surface area contributed by atoms with Gasteiger partial charge in [0.15, 0.2) is 6.29 Å². The molecule has 0 bridgehead atoms. The SMILES string of the molecule is [N-]=[N+]=N[C@@H]1CC[C@@H](CN(Cc2ccccc2)C(=O)OCc2ccccc2)OC1O[C@H]1[C@H](O)[C@@H](O)[C@H](NC(=O)O)[C@@H](O)[C@@H]1NC(=O)O. The quantitative estimate of drug-likeness (QED) is 0.105. The number of azide groups is 1. The van der Waals surface area contributed by atoms with E-state index in [2.05, 4.69) is 10.0 Å². The molecule has 9 atom stereocenters. The lowest BCUT2D eigenvalue weighted by Crippen LogP contribution is -2.73. The topological polar surface area (TPSA) is 256 Å². The van der Waals surface area contributed by atoms with Crippen molar-refractivity contribution >= 4 is 18.3 Å². The average molecular weight is 645 g/mol. The number of carboxylic acid groups (broad SMARTS) is 2. The second-order valence-corrected chi connectivity index (χ2v) is 10.9. The summed E-state index contributed by atoms with van der Waals surface area (Å²) in [5.41, 5.74) is 10.8. The largest absolute Gasteiger partial charge is 0.465 e. The highest BCUT2D eigenvalue weighted by Crippen LogP contribution is 2.31. The fourth-order valence-corrected chi connectivity index (χ4v) is 5.52. The number of carbonyl (C=O) groups excluding carboxylic acids is 1. The first-order valence-corrected chi connectivity index (χ1v) is 14.4. The predicted octanol–water partition coefficient (Wildman–Crippen LogP) is 1.76. The Morgan fingerprint density at radius 1 is 0.891 bits per heavy atom. The van der Waals surface area contributed by atoms with Crippen LogP contribution < -0.4 is 10.6 Å². The molecule has 2 fully saturated rings. The van der Waals surface area contributed by atoms with Crippen LogP contribution in [0.15, 0.2) is 65.8 Å². The Bertz CT molecular complexity index is 1370. The van der Waals surface area contributed by atoms with Crippen molar-refractivity contribution in [2.75, 3.05) is 6.54 Å². The highest BCUT2D eigenvalue weighted by atomic mass is 16.7. The summed E-state index contributed by atoms with van der Waals surface area (Å²) in [7, 11) is 0. The average Bonchev–Trinajstić information content (AvgIpc) is 3.04. The molecular weight excluding hydrogens is 608 g/mol. The minimum Gasteiger partial charge on any atom is -0.465 e. The number of aliphatic hydroxyl groups is 3. The zero-order chi connectivity index (χ0) is 33.2. The van der Waals surface area contributed by atoms with Gasteiger partial charge in [0.1, 0.15) is 24.9 Å². The molecule has 248 valence electrons. The molecule has 2 aliphatic rings. The molecule has 4 rings (SSSR count). The summed E-state index contributed by atoms with van der Waals surface area (Å²) in [5, 5.41) is 58.4. The zero-order valence-electron chi connectivity index (χ0n) is 24.5. The first kappa shape index (κ1) is 34.2. The molecule has 0 radical (unpaired) electrons. The van der Waals surface area contributed by atoms with E-state index < -0.39 is 73.2 Å². The third-order valence-electron chi connectivity index (χ3n) is 7.74. The number of carbonyl (C=O) groups is 3. The molecule has 46 heavy (non-hydrogen) atoms. The molecule has 1 unspecified atom stereocenters. The summed E-state index contributed by atoms with van der Waals surface area (Å²) in [4.78, 5) is 40.3. The van der Waals surface area contributed by atoms with Gasteiger partial charge >= 0.3 is 18.3 Å². The molecule has 17 heteroatoms. The van der Waals surface area contributed by atoms with Gasteiger partial charge in [0.2, 0.25) is 0 Å². The molecule has 1 aliphatic carbocycles. The summed E-state index contributed by atoms with van der Waals surface area (Å²) in [6.45, 7) is 0.203. The molecule has 1 aliphatic heterocycles. The standard InChI is InChI=1S/C29H36N6O11/c30-34-33-19-12-11-18(14-35(13-16-7-3-1-4-8-16)29(43)44-15-17-9-5-2-6-10-17)45-26(19)46-25-21(32-28(41)42)22(36)20(31-27(39)40)23(37)24(25)38/h1-10,18-26,31-32,36-38H,11-15H2,(H,39,40)(H,41,42)/t18-,19+,20+,21-,22+,23-,24+,25+,26?/m0/s1. The lowest BCUT2D eigenvalue weighted by atomic mass is 9.81. The Hall–Kier alpha value is -4.64. The fourth-order valence-electron chi connectivity index (χ4n) is 5.52. The van der Waals surface area contributed by atoms with Crippen LogP contribution in [0.1, 0.15) is 24.0 Å². The van der Waals surface area contributed by atoms with Gasteiger partial charge < -0.3 is 55.3 Å². The number of ether oxygens (including phenoxy) is 3. The van der Waals surface area contributed by atoms with Gasteiger partial charge in [-0.2, -0.15) is 0 Å². The number of hydrogen-bond donors (Lipinski definition) is 7. The van der Waals surface area contributed by atoms with Gasteiger partial charge in [0, 0.05) is 11.5 Å². The fraction of sp³-hybridized carbons (Fsp3) is 0.483. The van der Waals surface area contributed by atoms with E-state index in [-0.39, 0.29) is 26.1 Å². The van der Waals surface area contributed by atoms with E-state index in [1.807, 2.05) is 71.3 Å². The third kappa shape index (κ3) is 8.97. The molecule has 17 nitrogen and oxygen atoms in total. The van der Waals surface area contributed by atoms with Crippen molar-refractivity contribution in [1.82, 2.24) is 15.5 Å². The number of aliphatic hydroxyl groups excluding tert-OH is 3. The Morgan fingerprint density at radius 2 is 1.50 bits per heavy atom. The van der Waals surface area contributed by atoms with Crippen LogP contribution in [-0.4, -0.2) is 110 Å². The first-order chi connectivity index (χ1) is 22.1. The van der Waals surface area contributed by atoms with Crippen molar-refractivity contribution in [3.8, 4) is 0 Å². The maximum atomic E-state index is 13.3. The maximum Gasteiger partial charge on any atom is 0.410 e. The third-order valence-corrected chi connectivity index (χ3v) is 7.74. The van der Waals surface area contributed by atoms with Crippen molar-refractivity contribution in [3.05, 3.63) is 82.2 Å². The summed E-state index contributed by atoms with van der Waals surface area (Å²) in [6, 6.07) is 14.0. The summed E-state index contributed by atoms with van der Waals surface area (Å²) < 4.78 is 17.6. The Labute approximate surface area is 262 Å². The van der Waals surface area contributed by atoms with E-state index >= 15 is 0 Å². The van der Waals surface area contributed by atoms with Crippen LogP contribution in [0, 0.1) is 0 Å². The van der Waals surface area contributed by atoms with Gasteiger partial charge in [0.25, 0.3) is 0 Å². The Morgan fingerprint density at radius 3 is 2.11 bits per heavy atom. The number of nitrogens with one attached hydrogen (secondary N) is 2. The van der Waals surface area contributed by atoms with Gasteiger partial charge in [-0.3, -0.25) is 0 Å². The monoisotopic (exact) mass is 644 g/mol. The molecule has 7 N–H and O–H groups in total.